The highest BCUT2D eigenvalue weighted by molar-refractivity contribution is 7.90. The molecule has 2 rings (SSSR count). The van der Waals surface area contributed by atoms with Crippen LogP contribution in [0.4, 0.5) is 4.39 Å². The highest BCUT2D eigenvalue weighted by Crippen LogP contribution is 2.29. The van der Waals surface area contributed by atoms with Crippen LogP contribution < -0.4 is 15.4 Å². The van der Waals surface area contributed by atoms with Gasteiger partial charge in [0.25, 0.3) is 10.0 Å². The molecule has 0 aromatic heterocycles. The van der Waals surface area contributed by atoms with Crippen molar-refractivity contribution >= 4 is 40.4 Å². The van der Waals surface area contributed by atoms with E-state index in [1.807, 2.05) is 4.72 Å². The molecular weight excluding hydrogens is 541 g/mol. The highest BCUT2D eigenvalue weighted by atomic mass is 32.2. The molecule has 0 heterocycles. The summed E-state index contributed by atoms with van der Waals surface area (Å²) in [6.07, 6.45) is 2.62. The fourth-order valence-electron chi connectivity index (χ4n) is 4.16. The molecular formula is C28H38FN3O5S2. The van der Waals surface area contributed by atoms with Gasteiger partial charge in [-0.15, -0.1) is 0 Å². The third kappa shape index (κ3) is 10.6. The van der Waals surface area contributed by atoms with Gasteiger partial charge in [0.2, 0.25) is 17.7 Å². The lowest BCUT2D eigenvalue weighted by molar-refractivity contribution is -0.125. The molecule has 0 aliphatic heterocycles. The van der Waals surface area contributed by atoms with E-state index in [1.54, 1.807) is 24.3 Å². The number of amides is 3. The topological polar surface area (TPSA) is 121 Å². The molecule has 214 valence electrons. The predicted octanol–water partition coefficient (Wildman–Crippen LogP) is 3.85. The first-order chi connectivity index (χ1) is 18.4. The Labute approximate surface area is 236 Å². The van der Waals surface area contributed by atoms with Gasteiger partial charge in [0.1, 0.15) is 5.82 Å². The average molecular weight is 580 g/mol. The lowest BCUT2D eigenvalue weighted by Crippen LogP contribution is -2.38. The van der Waals surface area contributed by atoms with Crippen LogP contribution >= 0.6 is 12.6 Å². The zero-order valence-electron chi connectivity index (χ0n) is 22.6. The zero-order chi connectivity index (χ0) is 29.0. The number of benzene rings is 2. The predicted molar refractivity (Wildman–Crippen MR) is 153 cm³/mol. The first-order valence-corrected chi connectivity index (χ1v) is 15.1. The molecule has 1 atom stereocenters. The third-order valence-electron chi connectivity index (χ3n) is 6.01. The number of hydrogen-bond donors (Lipinski definition) is 4. The lowest BCUT2D eigenvalue weighted by atomic mass is 9.98. The van der Waals surface area contributed by atoms with E-state index in [1.165, 1.54) is 18.2 Å². The number of hydrogen-bond acceptors (Lipinski definition) is 6. The van der Waals surface area contributed by atoms with E-state index >= 15 is 0 Å². The number of carbonyl (C=O) groups is 3. The van der Waals surface area contributed by atoms with Crippen molar-refractivity contribution in [2.45, 2.75) is 57.8 Å². The molecule has 0 fully saturated rings. The standard InChI is InChI=1S/C28H38FN3O5S2/c1-19(2)16-23(18-38)28(35)31-15-14-30-27(34)11-7-4-8-21-12-13-22(17-25(21)29)24-9-5-6-10-26(24)39(36,37)32-20(3)33/h5-6,9-10,12-13,17,19,23,38H,4,7-8,11,14-16,18H2,1-3H3,(H,30,34)(H,31,35)(H,32,33)/t23-/m1/s1. The molecule has 39 heavy (non-hydrogen) atoms. The minimum atomic E-state index is -4.09. The molecule has 3 N–H and O–H groups in total. The van der Waals surface area contributed by atoms with Gasteiger partial charge in [-0.3, -0.25) is 14.4 Å². The van der Waals surface area contributed by atoms with E-state index in [4.69, 9.17) is 0 Å². The minimum absolute atomic E-state index is 0.0566. The Morgan fingerprint density at radius 1 is 1.00 bits per heavy atom. The number of aryl methyl sites for hydroxylation is 1. The normalized spacial score (nSPS) is 12.2. The van der Waals surface area contributed by atoms with Crippen LogP contribution in [0, 0.1) is 17.7 Å². The number of nitrogens with one attached hydrogen (secondary N) is 3. The van der Waals surface area contributed by atoms with Crippen LogP contribution in [0.25, 0.3) is 11.1 Å². The molecule has 0 unspecified atom stereocenters. The Bertz CT molecular complexity index is 1250. The molecule has 0 saturated carbocycles. The number of rotatable bonds is 15. The molecule has 0 saturated heterocycles. The van der Waals surface area contributed by atoms with Crippen molar-refractivity contribution in [3.8, 4) is 11.1 Å². The summed E-state index contributed by atoms with van der Waals surface area (Å²) in [5.74, 6) is -0.653. The van der Waals surface area contributed by atoms with Crippen molar-refractivity contribution < 1.29 is 27.2 Å². The maximum Gasteiger partial charge on any atom is 0.264 e. The maximum atomic E-state index is 14.8. The van der Waals surface area contributed by atoms with E-state index in [9.17, 15) is 27.2 Å². The van der Waals surface area contributed by atoms with E-state index in [0.29, 0.717) is 55.1 Å². The van der Waals surface area contributed by atoms with Crippen LogP contribution in [0.5, 0.6) is 0 Å². The second kappa shape index (κ2) is 15.6. The fraction of sp³-hybridized carbons (Fsp3) is 0.464. The van der Waals surface area contributed by atoms with E-state index in [0.717, 1.165) is 13.3 Å². The van der Waals surface area contributed by atoms with Gasteiger partial charge >= 0.3 is 0 Å². The number of sulfonamides is 1. The van der Waals surface area contributed by atoms with Crippen LogP contribution in [-0.4, -0.2) is 45.0 Å². The summed E-state index contributed by atoms with van der Waals surface area (Å²) in [5, 5.41) is 5.61. The summed E-state index contributed by atoms with van der Waals surface area (Å²) >= 11 is 4.24. The summed E-state index contributed by atoms with van der Waals surface area (Å²) in [4.78, 5) is 35.5. The van der Waals surface area contributed by atoms with Crippen molar-refractivity contribution in [3.63, 3.8) is 0 Å². The minimum Gasteiger partial charge on any atom is -0.354 e. The molecule has 3 amide bonds. The van der Waals surface area contributed by atoms with Crippen LogP contribution in [0.15, 0.2) is 47.4 Å². The van der Waals surface area contributed by atoms with E-state index in [-0.39, 0.29) is 34.6 Å². The van der Waals surface area contributed by atoms with Gasteiger partial charge < -0.3 is 10.6 Å². The first-order valence-electron chi connectivity index (χ1n) is 13.0. The van der Waals surface area contributed by atoms with Gasteiger partial charge in [-0.25, -0.2) is 17.5 Å². The van der Waals surface area contributed by atoms with Crippen LogP contribution in [0.2, 0.25) is 0 Å². The van der Waals surface area contributed by atoms with Crippen LogP contribution in [0.1, 0.15) is 52.0 Å². The highest BCUT2D eigenvalue weighted by Gasteiger charge is 2.21. The Kier molecular flexibility index (Phi) is 12.9. The van der Waals surface area contributed by atoms with Crippen molar-refractivity contribution in [1.82, 2.24) is 15.4 Å². The van der Waals surface area contributed by atoms with Crippen molar-refractivity contribution in [2.75, 3.05) is 18.8 Å². The smallest absolute Gasteiger partial charge is 0.264 e. The SMILES string of the molecule is CC(=O)NS(=O)(=O)c1ccccc1-c1ccc(CCCCC(=O)NCCNC(=O)[C@@H](CS)CC(C)C)c(F)c1. The molecule has 11 heteroatoms. The van der Waals surface area contributed by atoms with Gasteiger partial charge in [-0.2, -0.15) is 12.6 Å². The van der Waals surface area contributed by atoms with Crippen LogP contribution in [-0.2, 0) is 30.8 Å². The first kappa shape index (κ1) is 32.3. The molecule has 2 aromatic carbocycles. The third-order valence-corrected chi connectivity index (χ3v) is 7.94. The fourth-order valence-corrected chi connectivity index (χ4v) is 5.69. The van der Waals surface area contributed by atoms with Gasteiger partial charge in [-0.05, 0) is 54.9 Å². The van der Waals surface area contributed by atoms with Crippen LogP contribution in [0.3, 0.4) is 0 Å². The van der Waals surface area contributed by atoms with Crippen molar-refractivity contribution in [1.29, 1.82) is 0 Å². The van der Waals surface area contributed by atoms with E-state index in [2.05, 4.69) is 37.1 Å². The Morgan fingerprint density at radius 2 is 1.69 bits per heavy atom. The van der Waals surface area contributed by atoms with Crippen molar-refractivity contribution in [3.05, 3.63) is 53.8 Å². The number of thiol groups is 1. The number of carbonyl (C=O) groups excluding carboxylic acids is 3. The van der Waals surface area contributed by atoms with Gasteiger partial charge in [0, 0.05) is 43.7 Å². The molecule has 0 spiro atoms. The molecule has 0 aliphatic carbocycles. The Hall–Kier alpha value is -2.92. The molecule has 8 nitrogen and oxygen atoms in total. The number of unbranched alkanes of at least 4 members (excludes halogenated alkanes) is 1. The monoisotopic (exact) mass is 579 g/mol. The maximum absolute atomic E-state index is 14.8. The second-order valence-corrected chi connectivity index (χ2v) is 11.8. The summed E-state index contributed by atoms with van der Waals surface area (Å²) < 4.78 is 41.8. The van der Waals surface area contributed by atoms with Gasteiger partial charge in [0.05, 0.1) is 4.90 Å². The lowest BCUT2D eigenvalue weighted by Gasteiger charge is -2.16. The molecule has 0 radical (unpaired) electrons. The average Bonchev–Trinajstić information content (AvgIpc) is 2.87. The van der Waals surface area contributed by atoms with Crippen molar-refractivity contribution in [2.24, 2.45) is 11.8 Å². The Balaban J connectivity index is 1.82. The second-order valence-electron chi connectivity index (χ2n) is 9.82. The Morgan fingerprint density at radius 3 is 2.33 bits per heavy atom. The zero-order valence-corrected chi connectivity index (χ0v) is 24.3. The molecule has 0 bridgehead atoms. The summed E-state index contributed by atoms with van der Waals surface area (Å²) in [6.45, 7) is 5.89. The summed E-state index contributed by atoms with van der Waals surface area (Å²) in [6, 6.07) is 10.6. The molecule has 0 aliphatic rings. The number of halogens is 1. The van der Waals surface area contributed by atoms with E-state index < -0.39 is 21.7 Å². The largest absolute Gasteiger partial charge is 0.354 e. The van der Waals surface area contributed by atoms with Gasteiger partial charge in [-0.1, -0.05) is 44.2 Å². The summed E-state index contributed by atoms with van der Waals surface area (Å²) in [7, 11) is -4.09. The molecule has 2 aromatic rings. The quantitative estimate of drug-likeness (QED) is 0.189. The summed E-state index contributed by atoms with van der Waals surface area (Å²) in [5.41, 5.74) is 1.12. The van der Waals surface area contributed by atoms with Gasteiger partial charge in [0.15, 0.2) is 0 Å².